The monoisotopic (exact) mass is 288 g/mol. The second kappa shape index (κ2) is 8.05. The van der Waals surface area contributed by atoms with Crippen molar-refractivity contribution in [2.75, 3.05) is 13.1 Å². The lowest BCUT2D eigenvalue weighted by Crippen LogP contribution is -2.15. The van der Waals surface area contributed by atoms with E-state index in [9.17, 15) is 0 Å². The van der Waals surface area contributed by atoms with Gasteiger partial charge in [-0.3, -0.25) is 0 Å². The first-order valence-corrected chi connectivity index (χ1v) is 7.43. The number of rotatable bonds is 7. The van der Waals surface area contributed by atoms with Crippen molar-refractivity contribution in [3.05, 3.63) is 59.1 Å². The van der Waals surface area contributed by atoms with E-state index >= 15 is 0 Å². The summed E-state index contributed by atoms with van der Waals surface area (Å²) in [6.07, 6.45) is 2.19. The molecule has 0 fully saturated rings. The number of unbranched alkanes of at least 4 members (excludes halogenated alkanes) is 1. The topological polar surface area (TPSA) is 38.0 Å². The molecule has 106 valence electrons. The molecule has 0 unspecified atom stereocenters. The van der Waals surface area contributed by atoms with Gasteiger partial charge in [0.15, 0.2) is 0 Å². The van der Waals surface area contributed by atoms with Crippen molar-refractivity contribution in [3.63, 3.8) is 0 Å². The second-order valence-electron chi connectivity index (χ2n) is 4.85. The highest BCUT2D eigenvalue weighted by Crippen LogP contribution is 2.28. The fourth-order valence-corrected chi connectivity index (χ4v) is 2.46. The van der Waals surface area contributed by atoms with Crippen molar-refractivity contribution in [2.24, 2.45) is 5.73 Å². The predicted molar refractivity (Wildman–Crippen MR) is 86.9 cm³/mol. The highest BCUT2D eigenvalue weighted by molar-refractivity contribution is 6.33. The van der Waals surface area contributed by atoms with Crippen LogP contribution in [0.25, 0.3) is 11.1 Å². The molecule has 0 aliphatic carbocycles. The molecule has 0 heterocycles. The van der Waals surface area contributed by atoms with E-state index < -0.39 is 0 Å². The van der Waals surface area contributed by atoms with Crippen LogP contribution in [0, 0.1) is 0 Å². The number of benzene rings is 2. The lowest BCUT2D eigenvalue weighted by molar-refractivity contribution is 0.627. The molecule has 0 amide bonds. The Morgan fingerprint density at radius 2 is 1.80 bits per heavy atom. The van der Waals surface area contributed by atoms with Gasteiger partial charge in [0.25, 0.3) is 0 Å². The van der Waals surface area contributed by atoms with Gasteiger partial charge in [-0.15, -0.1) is 0 Å². The molecule has 0 aliphatic heterocycles. The van der Waals surface area contributed by atoms with Gasteiger partial charge < -0.3 is 11.1 Å². The largest absolute Gasteiger partial charge is 0.330 e. The van der Waals surface area contributed by atoms with Gasteiger partial charge in [-0.25, -0.2) is 0 Å². The summed E-state index contributed by atoms with van der Waals surface area (Å²) >= 11 is 6.38. The molecule has 0 bridgehead atoms. The molecule has 0 atom stereocenters. The Morgan fingerprint density at radius 1 is 1.00 bits per heavy atom. The molecular weight excluding hydrogens is 268 g/mol. The maximum absolute atomic E-state index is 6.38. The van der Waals surface area contributed by atoms with Crippen LogP contribution in [0.2, 0.25) is 5.02 Å². The number of hydrogen-bond donors (Lipinski definition) is 2. The Balaban J connectivity index is 1.96. The molecule has 0 saturated carbocycles. The minimum absolute atomic E-state index is 0.763. The number of nitrogens with two attached hydrogens (primary N) is 1. The minimum Gasteiger partial charge on any atom is -0.330 e. The quantitative estimate of drug-likeness (QED) is 0.760. The maximum Gasteiger partial charge on any atom is 0.0487 e. The second-order valence-corrected chi connectivity index (χ2v) is 5.26. The van der Waals surface area contributed by atoms with E-state index in [1.54, 1.807) is 0 Å². The average Bonchev–Trinajstić information content (AvgIpc) is 2.48. The van der Waals surface area contributed by atoms with Gasteiger partial charge in [-0.1, -0.05) is 54.1 Å². The molecule has 2 nitrogen and oxygen atoms in total. The highest BCUT2D eigenvalue weighted by atomic mass is 35.5. The molecule has 0 spiro atoms. The summed E-state index contributed by atoms with van der Waals surface area (Å²) in [6.45, 7) is 2.61. The van der Waals surface area contributed by atoms with Gasteiger partial charge in [0.1, 0.15) is 0 Å². The molecule has 2 aromatic carbocycles. The van der Waals surface area contributed by atoms with Gasteiger partial charge in [-0.2, -0.15) is 0 Å². The molecule has 0 aromatic heterocycles. The first-order valence-electron chi connectivity index (χ1n) is 7.06. The molecule has 2 rings (SSSR count). The number of halogens is 1. The SMILES string of the molecule is NCCCCNCc1ccc(-c2ccccc2)c(Cl)c1. The zero-order valence-corrected chi connectivity index (χ0v) is 12.4. The van der Waals surface area contributed by atoms with Crippen LogP contribution in [-0.2, 0) is 6.54 Å². The Labute approximate surface area is 126 Å². The molecule has 20 heavy (non-hydrogen) atoms. The van der Waals surface area contributed by atoms with Gasteiger partial charge in [-0.05, 0) is 43.1 Å². The van der Waals surface area contributed by atoms with Crippen molar-refractivity contribution in [1.82, 2.24) is 5.32 Å². The lowest BCUT2D eigenvalue weighted by Gasteiger charge is -2.08. The van der Waals surface area contributed by atoms with Crippen LogP contribution in [0.4, 0.5) is 0 Å². The molecule has 0 aliphatic rings. The smallest absolute Gasteiger partial charge is 0.0487 e. The number of hydrogen-bond acceptors (Lipinski definition) is 2. The Kier molecular flexibility index (Phi) is 6.06. The predicted octanol–water partition coefficient (Wildman–Crippen LogP) is 3.84. The summed E-state index contributed by atoms with van der Waals surface area (Å²) in [5.74, 6) is 0. The third-order valence-corrected chi connectivity index (χ3v) is 3.57. The third kappa shape index (κ3) is 4.34. The van der Waals surface area contributed by atoms with Crippen LogP contribution in [0.1, 0.15) is 18.4 Å². The van der Waals surface area contributed by atoms with Gasteiger partial charge in [0, 0.05) is 17.1 Å². The molecule has 0 radical (unpaired) electrons. The number of nitrogens with one attached hydrogen (secondary N) is 1. The van der Waals surface area contributed by atoms with Crippen LogP contribution in [0.3, 0.4) is 0 Å². The van der Waals surface area contributed by atoms with Crippen LogP contribution >= 0.6 is 11.6 Å². The van der Waals surface area contributed by atoms with Gasteiger partial charge >= 0.3 is 0 Å². The normalized spacial score (nSPS) is 10.7. The van der Waals surface area contributed by atoms with E-state index in [0.717, 1.165) is 48.6 Å². The maximum atomic E-state index is 6.38. The highest BCUT2D eigenvalue weighted by Gasteiger charge is 2.04. The van der Waals surface area contributed by atoms with Crippen molar-refractivity contribution < 1.29 is 0 Å². The Hall–Kier alpha value is -1.35. The summed E-state index contributed by atoms with van der Waals surface area (Å²) < 4.78 is 0. The molecule has 3 heteroatoms. The van der Waals surface area contributed by atoms with Crippen molar-refractivity contribution in [3.8, 4) is 11.1 Å². The van der Waals surface area contributed by atoms with E-state index in [4.69, 9.17) is 17.3 Å². The van der Waals surface area contributed by atoms with E-state index in [1.165, 1.54) is 5.56 Å². The fourth-order valence-electron chi connectivity index (χ4n) is 2.15. The van der Waals surface area contributed by atoms with Crippen LogP contribution in [-0.4, -0.2) is 13.1 Å². The first kappa shape index (κ1) is 15.0. The van der Waals surface area contributed by atoms with E-state index in [1.807, 2.05) is 24.3 Å². The van der Waals surface area contributed by atoms with E-state index in [0.29, 0.717) is 0 Å². The standard InChI is InChI=1S/C17H21ClN2/c18-17-12-14(13-20-11-5-4-10-19)8-9-16(17)15-6-2-1-3-7-15/h1-3,6-9,12,20H,4-5,10-11,13,19H2. The van der Waals surface area contributed by atoms with E-state index in [2.05, 4.69) is 29.6 Å². The third-order valence-electron chi connectivity index (χ3n) is 3.26. The summed E-state index contributed by atoms with van der Waals surface area (Å²) in [5, 5.41) is 4.21. The zero-order valence-electron chi connectivity index (χ0n) is 11.6. The summed E-state index contributed by atoms with van der Waals surface area (Å²) in [5.41, 5.74) is 8.91. The first-order chi connectivity index (χ1) is 9.81. The van der Waals surface area contributed by atoms with Gasteiger partial charge in [0.05, 0.1) is 0 Å². The van der Waals surface area contributed by atoms with Crippen molar-refractivity contribution in [2.45, 2.75) is 19.4 Å². The summed E-state index contributed by atoms with van der Waals surface area (Å²) in [4.78, 5) is 0. The van der Waals surface area contributed by atoms with Crippen LogP contribution in [0.5, 0.6) is 0 Å². The van der Waals surface area contributed by atoms with E-state index in [-0.39, 0.29) is 0 Å². The van der Waals surface area contributed by atoms with Crippen LogP contribution in [0.15, 0.2) is 48.5 Å². The van der Waals surface area contributed by atoms with Crippen molar-refractivity contribution in [1.29, 1.82) is 0 Å². The minimum atomic E-state index is 0.763. The average molecular weight is 289 g/mol. The Bertz CT molecular complexity index is 526. The molecule has 2 aromatic rings. The zero-order chi connectivity index (χ0) is 14.2. The molecular formula is C17H21ClN2. The van der Waals surface area contributed by atoms with Crippen molar-refractivity contribution >= 4 is 11.6 Å². The molecule has 3 N–H and O–H groups in total. The van der Waals surface area contributed by atoms with Crippen LogP contribution < -0.4 is 11.1 Å². The summed E-state index contributed by atoms with van der Waals surface area (Å²) in [6, 6.07) is 16.5. The Morgan fingerprint density at radius 3 is 2.50 bits per heavy atom. The summed E-state index contributed by atoms with van der Waals surface area (Å²) in [7, 11) is 0. The van der Waals surface area contributed by atoms with Gasteiger partial charge in [0.2, 0.25) is 0 Å². The molecule has 0 saturated heterocycles. The fraction of sp³-hybridized carbons (Fsp3) is 0.294. The lowest BCUT2D eigenvalue weighted by atomic mass is 10.0.